The van der Waals surface area contributed by atoms with Crippen molar-refractivity contribution in [2.75, 3.05) is 51.8 Å². The average molecular weight is 338 g/mol. The topological polar surface area (TPSA) is 24.9 Å². The van der Waals surface area contributed by atoms with E-state index < -0.39 is 0 Å². The molecule has 25 heavy (non-hydrogen) atoms. The third-order valence-electron chi connectivity index (χ3n) is 4.59. The van der Waals surface area contributed by atoms with Gasteiger partial charge in [-0.05, 0) is 18.2 Å². The molecule has 0 N–H and O–H groups in total. The normalized spacial score (nSPS) is 15.5. The monoisotopic (exact) mass is 338 g/mol. The van der Waals surface area contributed by atoms with Crippen molar-refractivity contribution < 1.29 is 9.47 Å². The Bertz CT molecular complexity index is 707. The van der Waals surface area contributed by atoms with Crippen LogP contribution < -0.4 is 14.4 Å². The highest BCUT2D eigenvalue weighted by Crippen LogP contribution is 2.22. The third kappa shape index (κ3) is 4.54. The van der Waals surface area contributed by atoms with Crippen molar-refractivity contribution in [1.29, 1.82) is 0 Å². The summed E-state index contributed by atoms with van der Waals surface area (Å²) in [6.07, 6.45) is 4.37. The molecular formula is C21H26N2O2. The number of anilines is 1. The first-order chi connectivity index (χ1) is 12.3. The summed E-state index contributed by atoms with van der Waals surface area (Å²) >= 11 is 0. The van der Waals surface area contributed by atoms with Crippen LogP contribution in [-0.2, 0) is 0 Å². The van der Waals surface area contributed by atoms with Crippen LogP contribution in [0.1, 0.15) is 5.56 Å². The van der Waals surface area contributed by atoms with Gasteiger partial charge in [-0.15, -0.1) is 0 Å². The van der Waals surface area contributed by atoms with E-state index in [1.54, 1.807) is 14.2 Å². The fourth-order valence-electron chi connectivity index (χ4n) is 3.13. The second-order valence-corrected chi connectivity index (χ2v) is 6.13. The van der Waals surface area contributed by atoms with Crippen molar-refractivity contribution in [1.82, 2.24) is 4.90 Å². The summed E-state index contributed by atoms with van der Waals surface area (Å²) in [5.74, 6) is 1.83. The van der Waals surface area contributed by atoms with Gasteiger partial charge in [0.1, 0.15) is 11.5 Å². The van der Waals surface area contributed by atoms with Crippen LogP contribution in [-0.4, -0.2) is 51.8 Å². The summed E-state index contributed by atoms with van der Waals surface area (Å²) in [6, 6.07) is 16.4. The van der Waals surface area contributed by atoms with E-state index >= 15 is 0 Å². The first-order valence-electron chi connectivity index (χ1n) is 8.71. The number of ether oxygens (including phenoxy) is 2. The van der Waals surface area contributed by atoms with E-state index in [2.05, 4.69) is 46.2 Å². The van der Waals surface area contributed by atoms with E-state index in [-0.39, 0.29) is 0 Å². The van der Waals surface area contributed by atoms with Crippen molar-refractivity contribution in [2.24, 2.45) is 0 Å². The van der Waals surface area contributed by atoms with E-state index in [0.717, 1.165) is 49.8 Å². The fourth-order valence-corrected chi connectivity index (χ4v) is 3.13. The van der Waals surface area contributed by atoms with Gasteiger partial charge in [0.25, 0.3) is 0 Å². The van der Waals surface area contributed by atoms with Gasteiger partial charge in [0.05, 0.1) is 14.2 Å². The quantitative estimate of drug-likeness (QED) is 0.804. The van der Waals surface area contributed by atoms with Crippen molar-refractivity contribution in [3.8, 4) is 11.5 Å². The maximum atomic E-state index is 5.39. The van der Waals surface area contributed by atoms with E-state index in [4.69, 9.17) is 9.47 Å². The van der Waals surface area contributed by atoms with Gasteiger partial charge in [-0.3, -0.25) is 4.90 Å². The van der Waals surface area contributed by atoms with Gasteiger partial charge < -0.3 is 14.4 Å². The molecule has 0 atom stereocenters. The predicted octanol–water partition coefficient (Wildman–Crippen LogP) is 3.54. The number of rotatable bonds is 6. The van der Waals surface area contributed by atoms with Crippen molar-refractivity contribution in [2.45, 2.75) is 0 Å². The minimum Gasteiger partial charge on any atom is -0.497 e. The lowest BCUT2D eigenvalue weighted by Gasteiger charge is -2.35. The van der Waals surface area contributed by atoms with Gasteiger partial charge in [-0.1, -0.05) is 36.4 Å². The van der Waals surface area contributed by atoms with Crippen molar-refractivity contribution >= 4 is 11.8 Å². The Hall–Kier alpha value is -2.46. The molecule has 2 aromatic carbocycles. The molecule has 1 heterocycles. The maximum absolute atomic E-state index is 5.39. The smallest absolute Gasteiger partial charge is 0.126 e. The second-order valence-electron chi connectivity index (χ2n) is 6.13. The lowest BCUT2D eigenvalue weighted by atomic mass is 10.2. The predicted molar refractivity (Wildman–Crippen MR) is 104 cm³/mol. The van der Waals surface area contributed by atoms with Crippen LogP contribution in [0, 0.1) is 0 Å². The number of benzene rings is 2. The number of para-hydroxylation sites is 1. The molecule has 3 rings (SSSR count). The SMILES string of the molecule is COc1cccc(N2CCN(CC=Cc3ccccc3OC)CC2)c1. The molecule has 0 unspecified atom stereocenters. The number of hydrogen-bond acceptors (Lipinski definition) is 4. The first kappa shape index (κ1) is 17.4. The van der Waals surface area contributed by atoms with E-state index in [1.807, 2.05) is 24.3 Å². The number of hydrogen-bond donors (Lipinski definition) is 0. The lowest BCUT2D eigenvalue weighted by molar-refractivity contribution is 0.284. The number of nitrogens with zero attached hydrogens (tertiary/aromatic N) is 2. The highest BCUT2D eigenvalue weighted by molar-refractivity contribution is 5.57. The molecule has 0 aliphatic carbocycles. The molecule has 4 heteroatoms. The Morgan fingerprint density at radius 1 is 0.920 bits per heavy atom. The fraction of sp³-hybridized carbons (Fsp3) is 0.333. The zero-order valence-electron chi connectivity index (χ0n) is 15.0. The Balaban J connectivity index is 1.51. The van der Waals surface area contributed by atoms with Gasteiger partial charge in [-0.25, -0.2) is 0 Å². The lowest BCUT2D eigenvalue weighted by Crippen LogP contribution is -2.46. The van der Waals surface area contributed by atoms with Crippen LogP contribution in [0.5, 0.6) is 11.5 Å². The molecule has 1 fully saturated rings. The van der Waals surface area contributed by atoms with Gasteiger partial charge in [0, 0.05) is 50.0 Å². The number of methoxy groups -OCH3 is 2. The minimum atomic E-state index is 0.916. The van der Waals surface area contributed by atoms with Gasteiger partial charge in [0.2, 0.25) is 0 Å². The van der Waals surface area contributed by atoms with E-state index in [1.165, 1.54) is 5.69 Å². The average Bonchev–Trinajstić information content (AvgIpc) is 2.69. The van der Waals surface area contributed by atoms with Crippen molar-refractivity contribution in [3.63, 3.8) is 0 Å². The zero-order valence-corrected chi connectivity index (χ0v) is 15.0. The summed E-state index contributed by atoms with van der Waals surface area (Å²) in [7, 11) is 3.43. The van der Waals surface area contributed by atoms with Crippen LogP contribution >= 0.6 is 0 Å². The Kier molecular flexibility index (Phi) is 5.96. The molecule has 0 spiro atoms. The molecule has 0 radical (unpaired) electrons. The summed E-state index contributed by atoms with van der Waals surface area (Å²) in [4.78, 5) is 4.89. The van der Waals surface area contributed by atoms with Gasteiger partial charge >= 0.3 is 0 Å². The minimum absolute atomic E-state index is 0.916. The summed E-state index contributed by atoms with van der Waals surface area (Å²) < 4.78 is 10.7. The maximum Gasteiger partial charge on any atom is 0.126 e. The van der Waals surface area contributed by atoms with E-state index in [9.17, 15) is 0 Å². The molecule has 1 saturated heterocycles. The van der Waals surface area contributed by atoms with Crippen LogP contribution in [0.25, 0.3) is 6.08 Å². The molecule has 1 aliphatic rings. The summed E-state index contributed by atoms with van der Waals surface area (Å²) in [6.45, 7) is 5.16. The van der Waals surface area contributed by atoms with Crippen LogP contribution in [0.4, 0.5) is 5.69 Å². The van der Waals surface area contributed by atoms with E-state index in [0.29, 0.717) is 0 Å². The Labute approximate surface area is 150 Å². The second kappa shape index (κ2) is 8.58. The highest BCUT2D eigenvalue weighted by atomic mass is 16.5. The summed E-state index contributed by atoms with van der Waals surface area (Å²) in [5, 5.41) is 0. The highest BCUT2D eigenvalue weighted by Gasteiger charge is 2.16. The molecular weight excluding hydrogens is 312 g/mol. The molecule has 1 aliphatic heterocycles. The largest absolute Gasteiger partial charge is 0.497 e. The molecule has 132 valence electrons. The standard InChI is InChI=1S/C21H26N2O2/c1-24-20-10-5-9-19(17-20)23-15-13-22(14-16-23)12-6-8-18-7-3-4-11-21(18)25-2/h3-11,17H,12-16H2,1-2H3. The van der Waals surface area contributed by atoms with Gasteiger partial charge in [-0.2, -0.15) is 0 Å². The molecule has 0 aromatic heterocycles. The molecule has 0 amide bonds. The van der Waals surface area contributed by atoms with Crippen molar-refractivity contribution in [3.05, 3.63) is 60.2 Å². The van der Waals surface area contributed by atoms with Crippen LogP contribution in [0.2, 0.25) is 0 Å². The first-order valence-corrected chi connectivity index (χ1v) is 8.71. The Morgan fingerprint density at radius 2 is 1.72 bits per heavy atom. The molecule has 0 saturated carbocycles. The molecule has 2 aromatic rings. The summed E-state index contributed by atoms with van der Waals surface area (Å²) in [5.41, 5.74) is 2.36. The Morgan fingerprint density at radius 3 is 2.48 bits per heavy atom. The molecule has 0 bridgehead atoms. The zero-order chi connectivity index (χ0) is 17.5. The van der Waals surface area contributed by atoms with Gasteiger partial charge in [0.15, 0.2) is 0 Å². The van der Waals surface area contributed by atoms with Crippen LogP contribution in [0.3, 0.4) is 0 Å². The third-order valence-corrected chi connectivity index (χ3v) is 4.59. The molecule has 4 nitrogen and oxygen atoms in total. The van der Waals surface area contributed by atoms with Crippen LogP contribution in [0.15, 0.2) is 54.6 Å². The number of piperazine rings is 1.